The van der Waals surface area contributed by atoms with E-state index in [2.05, 4.69) is 79.7 Å². The Hall–Kier alpha value is -0.281. The maximum absolute atomic E-state index is 6.26. The van der Waals surface area contributed by atoms with Gasteiger partial charge in [0.25, 0.3) is 0 Å². The normalized spacial score (nSPS) is 15.5. The fraction of sp³-hybridized carbons (Fsp3) is 0.545. The summed E-state index contributed by atoms with van der Waals surface area (Å²) >= 11 is 0. The van der Waals surface area contributed by atoms with Gasteiger partial charge < -0.3 is 41.3 Å². The molecule has 0 fully saturated rings. The second-order valence-electron chi connectivity index (χ2n) is 9.25. The largest absolute Gasteiger partial charge is 0.748 e. The fourth-order valence-corrected chi connectivity index (χ4v) is 2.31. The predicted molar refractivity (Wildman–Crippen MR) is 121 cm³/mol. The van der Waals surface area contributed by atoms with E-state index in [0.29, 0.717) is 0 Å². The summed E-state index contributed by atoms with van der Waals surface area (Å²) in [5, 5.41) is 0. The molecule has 5 heteroatoms. The minimum Gasteiger partial charge on any atom is -0.748 e. The molecule has 0 saturated heterocycles. The maximum Gasteiger partial charge on any atom is 0 e. The molecule has 164 valence electrons. The molecule has 2 aromatic carbocycles. The quantitative estimate of drug-likeness (QED) is 0.424. The Morgan fingerprint density at radius 3 is 1.30 bits per heavy atom. The smallest absolute Gasteiger partial charge is 0 e. The first-order valence-electron chi connectivity index (χ1n) is 8.73. The second kappa shape index (κ2) is 11.0. The number of nitrogens with two attached hydrogens (primary N) is 2. The van der Waals surface area contributed by atoms with Crippen LogP contribution in [0.4, 0.5) is 0 Å². The van der Waals surface area contributed by atoms with Crippen LogP contribution in [0.5, 0.6) is 0 Å². The molecule has 0 radical (unpaired) electrons. The van der Waals surface area contributed by atoms with Crippen molar-refractivity contribution < 1.29 is 17.1 Å². The molecule has 2 aromatic rings. The summed E-state index contributed by atoms with van der Waals surface area (Å²) < 4.78 is 0. The molecule has 2 rings (SSSR count). The van der Waals surface area contributed by atoms with Gasteiger partial charge in [-0.3, -0.25) is 0 Å². The third-order valence-corrected chi connectivity index (χ3v) is 5.64. The standard InChI is InChI=1S/2C11H18N.2ClH.Fe/c2*1-10(2,3)11(4,12)9-7-5-6-8-9;;;/h2*5-8H,12H2,1-4H3;2*1H;/q-5;-1;;;. The van der Waals surface area contributed by atoms with Gasteiger partial charge >= 0.3 is 0 Å². The van der Waals surface area contributed by atoms with Crippen LogP contribution in [-0.2, 0) is 28.1 Å². The molecule has 0 aliphatic rings. The van der Waals surface area contributed by atoms with E-state index < -0.39 is 0 Å². The zero-order valence-corrected chi connectivity index (χ0v) is 20.7. The molecule has 0 amide bonds. The molecule has 0 heterocycles. The van der Waals surface area contributed by atoms with Crippen LogP contribution in [-0.4, -0.2) is 0 Å². The van der Waals surface area contributed by atoms with Gasteiger partial charge in [0.2, 0.25) is 0 Å². The van der Waals surface area contributed by atoms with Crippen molar-refractivity contribution in [2.45, 2.75) is 66.5 Å². The van der Waals surface area contributed by atoms with E-state index in [9.17, 15) is 0 Å². The molecule has 2 atom stereocenters. The van der Waals surface area contributed by atoms with Crippen molar-refractivity contribution >= 4 is 24.8 Å². The maximum atomic E-state index is 6.26. The molecule has 0 saturated carbocycles. The fourth-order valence-electron chi connectivity index (χ4n) is 2.31. The van der Waals surface area contributed by atoms with Crippen molar-refractivity contribution in [2.24, 2.45) is 22.3 Å². The Bertz CT molecular complexity index is 546. The van der Waals surface area contributed by atoms with E-state index in [1.165, 1.54) is 11.1 Å². The minimum atomic E-state index is -0.240. The van der Waals surface area contributed by atoms with Crippen molar-refractivity contribution in [3.05, 3.63) is 59.7 Å². The SMILES string of the molecule is CC(C)(C)C(C)(N)[c-]1[cH-][cH-][cH-][cH-]1.CC(C)(C)C(C)(N)[c-]1cccc1.Cl.Cl.[Fe]. The molecular formula is C22H38Cl2FeN2-6. The van der Waals surface area contributed by atoms with Crippen LogP contribution in [0.1, 0.15) is 66.5 Å². The van der Waals surface area contributed by atoms with E-state index in [4.69, 9.17) is 11.5 Å². The van der Waals surface area contributed by atoms with E-state index in [1.807, 2.05) is 24.3 Å². The molecule has 0 aromatic heterocycles. The second-order valence-corrected chi connectivity index (χ2v) is 9.25. The summed E-state index contributed by atoms with van der Waals surface area (Å²) in [6.07, 6.45) is 0. The van der Waals surface area contributed by atoms with Crippen molar-refractivity contribution in [3.63, 3.8) is 0 Å². The Labute approximate surface area is 189 Å². The summed E-state index contributed by atoms with van der Waals surface area (Å²) in [7, 11) is 0. The van der Waals surface area contributed by atoms with Gasteiger partial charge in [0.05, 0.1) is 0 Å². The van der Waals surface area contributed by atoms with Crippen LogP contribution in [0.15, 0.2) is 48.5 Å². The minimum absolute atomic E-state index is 0. The Morgan fingerprint density at radius 2 is 1.00 bits per heavy atom. The third-order valence-electron chi connectivity index (χ3n) is 5.64. The average molecular weight is 457 g/mol. The first-order valence-corrected chi connectivity index (χ1v) is 8.73. The van der Waals surface area contributed by atoms with Gasteiger partial charge in [-0.2, -0.15) is 12.1 Å². The van der Waals surface area contributed by atoms with Crippen molar-refractivity contribution in [1.82, 2.24) is 0 Å². The summed E-state index contributed by atoms with van der Waals surface area (Å²) in [6.45, 7) is 17.2. The predicted octanol–water partition coefficient (Wildman–Crippen LogP) is 6.09. The number of rotatable bonds is 2. The number of halogens is 2. The topological polar surface area (TPSA) is 52.0 Å². The van der Waals surface area contributed by atoms with E-state index in [1.54, 1.807) is 0 Å². The van der Waals surface area contributed by atoms with Gasteiger partial charge in [-0.1, -0.05) is 55.4 Å². The Morgan fingerprint density at radius 1 is 0.667 bits per heavy atom. The molecule has 2 unspecified atom stereocenters. The molecule has 27 heavy (non-hydrogen) atoms. The Balaban J connectivity index is -0.000000384. The van der Waals surface area contributed by atoms with Gasteiger partial charge in [0.1, 0.15) is 0 Å². The molecule has 0 aliphatic heterocycles. The summed E-state index contributed by atoms with van der Waals surface area (Å²) in [5.74, 6) is 0. The molecule has 4 N–H and O–H groups in total. The average Bonchev–Trinajstić information content (AvgIpc) is 3.11. The van der Waals surface area contributed by atoms with Crippen LogP contribution >= 0.6 is 24.8 Å². The summed E-state index contributed by atoms with van der Waals surface area (Å²) in [6, 6.07) is 16.5. The molecule has 0 bridgehead atoms. The molecule has 0 spiro atoms. The van der Waals surface area contributed by atoms with Gasteiger partial charge in [0, 0.05) is 17.1 Å². The van der Waals surface area contributed by atoms with Crippen molar-refractivity contribution in [3.8, 4) is 0 Å². The summed E-state index contributed by atoms with van der Waals surface area (Å²) in [4.78, 5) is 0. The molecular weight excluding hydrogens is 419 g/mol. The van der Waals surface area contributed by atoms with Crippen LogP contribution in [0.2, 0.25) is 0 Å². The van der Waals surface area contributed by atoms with Gasteiger partial charge in [-0.25, -0.2) is 12.1 Å². The third kappa shape index (κ3) is 7.57. The summed E-state index contributed by atoms with van der Waals surface area (Å²) in [5.41, 5.74) is 14.7. The van der Waals surface area contributed by atoms with Crippen molar-refractivity contribution in [2.75, 3.05) is 0 Å². The van der Waals surface area contributed by atoms with Crippen molar-refractivity contribution in [1.29, 1.82) is 0 Å². The first kappa shape index (κ1) is 31.4. The number of hydrogen-bond acceptors (Lipinski definition) is 2. The van der Waals surface area contributed by atoms with Crippen LogP contribution in [0.3, 0.4) is 0 Å². The monoisotopic (exact) mass is 456 g/mol. The van der Waals surface area contributed by atoms with Crippen LogP contribution < -0.4 is 11.5 Å². The van der Waals surface area contributed by atoms with Gasteiger partial charge in [-0.05, 0) is 16.4 Å². The van der Waals surface area contributed by atoms with Gasteiger partial charge in [-0.15, -0.1) is 35.9 Å². The Kier molecular flexibility index (Phi) is 12.9. The number of hydrogen-bond donors (Lipinski definition) is 2. The van der Waals surface area contributed by atoms with E-state index in [-0.39, 0.29) is 63.8 Å². The van der Waals surface area contributed by atoms with Crippen LogP contribution in [0.25, 0.3) is 0 Å². The zero-order valence-electron chi connectivity index (χ0n) is 17.9. The molecule has 2 nitrogen and oxygen atoms in total. The molecule has 0 aliphatic carbocycles. The van der Waals surface area contributed by atoms with Gasteiger partial charge in [0.15, 0.2) is 0 Å². The zero-order chi connectivity index (χ0) is 18.8. The van der Waals surface area contributed by atoms with E-state index >= 15 is 0 Å². The van der Waals surface area contributed by atoms with Crippen LogP contribution in [0, 0.1) is 10.8 Å². The first-order chi connectivity index (χ1) is 10.7. The van der Waals surface area contributed by atoms with E-state index in [0.717, 1.165) is 0 Å².